The van der Waals surface area contributed by atoms with Crippen molar-refractivity contribution >= 4 is 5.91 Å². The van der Waals surface area contributed by atoms with Gasteiger partial charge in [-0.05, 0) is 19.1 Å². The van der Waals surface area contributed by atoms with Crippen LogP contribution in [0, 0.1) is 0 Å². The van der Waals surface area contributed by atoms with Gasteiger partial charge >= 0.3 is 6.18 Å². The van der Waals surface area contributed by atoms with E-state index in [1.165, 1.54) is 22.9 Å². The number of carbonyl (C=O) groups is 1. The second-order valence-electron chi connectivity index (χ2n) is 4.31. The van der Waals surface area contributed by atoms with Crippen LogP contribution >= 0.6 is 0 Å². The van der Waals surface area contributed by atoms with Crippen LogP contribution in [-0.4, -0.2) is 15.5 Å². The summed E-state index contributed by atoms with van der Waals surface area (Å²) in [5.41, 5.74) is 4.97. The van der Waals surface area contributed by atoms with Crippen molar-refractivity contribution in [1.82, 2.24) is 9.55 Å². The summed E-state index contributed by atoms with van der Waals surface area (Å²) in [7, 11) is 0. The average molecular weight is 283 g/mol. The first-order valence-electron chi connectivity index (χ1n) is 5.80. The van der Waals surface area contributed by atoms with Gasteiger partial charge in [-0.15, -0.1) is 0 Å². The van der Waals surface area contributed by atoms with E-state index in [4.69, 9.17) is 5.73 Å². The van der Waals surface area contributed by atoms with Gasteiger partial charge in [0.2, 0.25) is 5.91 Å². The van der Waals surface area contributed by atoms with Crippen molar-refractivity contribution < 1.29 is 18.0 Å². The maximum absolute atomic E-state index is 12.5. The molecule has 106 valence electrons. The van der Waals surface area contributed by atoms with Crippen LogP contribution in [0.15, 0.2) is 36.7 Å². The molecule has 0 aliphatic carbocycles. The number of hydrogen-bond acceptors (Lipinski definition) is 2. The monoisotopic (exact) mass is 283 g/mol. The first-order chi connectivity index (χ1) is 9.30. The van der Waals surface area contributed by atoms with Crippen molar-refractivity contribution in [2.45, 2.75) is 19.1 Å². The highest BCUT2D eigenvalue weighted by atomic mass is 19.4. The first kappa shape index (κ1) is 14.1. The molecular formula is C13H12F3N3O. The SMILES string of the molecule is CC(C(N)=O)n1ccnc1-c1ccc(C(F)(F)F)cc1. The number of halogens is 3. The summed E-state index contributed by atoms with van der Waals surface area (Å²) < 4.78 is 39.0. The van der Waals surface area contributed by atoms with Gasteiger partial charge in [-0.25, -0.2) is 4.98 Å². The Kier molecular flexibility index (Phi) is 3.52. The Morgan fingerprint density at radius 1 is 1.30 bits per heavy atom. The van der Waals surface area contributed by atoms with E-state index in [1.807, 2.05) is 0 Å². The minimum Gasteiger partial charge on any atom is -0.368 e. The molecule has 1 aromatic carbocycles. The van der Waals surface area contributed by atoms with Crippen molar-refractivity contribution in [3.8, 4) is 11.4 Å². The second kappa shape index (κ2) is 4.99. The van der Waals surface area contributed by atoms with Gasteiger partial charge in [0, 0.05) is 18.0 Å². The molecule has 2 N–H and O–H groups in total. The zero-order valence-electron chi connectivity index (χ0n) is 10.6. The molecule has 1 heterocycles. The summed E-state index contributed by atoms with van der Waals surface area (Å²) in [4.78, 5) is 15.2. The minimum atomic E-state index is -4.38. The highest BCUT2D eigenvalue weighted by Gasteiger charge is 2.30. The number of nitrogens with two attached hydrogens (primary N) is 1. The maximum atomic E-state index is 12.5. The number of aromatic nitrogens is 2. The molecule has 0 fully saturated rings. The topological polar surface area (TPSA) is 60.9 Å². The van der Waals surface area contributed by atoms with E-state index < -0.39 is 23.7 Å². The smallest absolute Gasteiger partial charge is 0.368 e. The fourth-order valence-corrected chi connectivity index (χ4v) is 1.79. The number of alkyl halides is 3. The lowest BCUT2D eigenvalue weighted by molar-refractivity contribution is -0.137. The predicted octanol–water partition coefficient (Wildman–Crippen LogP) is 2.62. The van der Waals surface area contributed by atoms with Crippen molar-refractivity contribution in [1.29, 1.82) is 0 Å². The lowest BCUT2D eigenvalue weighted by Gasteiger charge is -2.13. The zero-order valence-corrected chi connectivity index (χ0v) is 10.6. The largest absolute Gasteiger partial charge is 0.416 e. The van der Waals surface area contributed by atoms with Crippen LogP contribution in [0.5, 0.6) is 0 Å². The lowest BCUT2D eigenvalue weighted by atomic mass is 10.1. The van der Waals surface area contributed by atoms with E-state index in [1.54, 1.807) is 13.1 Å². The predicted molar refractivity (Wildman–Crippen MR) is 66.6 cm³/mol. The third-order valence-electron chi connectivity index (χ3n) is 2.97. The van der Waals surface area contributed by atoms with Crippen molar-refractivity contribution in [2.75, 3.05) is 0 Å². The third kappa shape index (κ3) is 2.66. The lowest BCUT2D eigenvalue weighted by Crippen LogP contribution is -2.24. The molecule has 2 aromatic rings. The highest BCUT2D eigenvalue weighted by Crippen LogP contribution is 2.31. The van der Waals surface area contributed by atoms with Crippen molar-refractivity contribution in [2.24, 2.45) is 5.73 Å². The Labute approximate surface area is 113 Å². The van der Waals surface area contributed by atoms with Crippen LogP contribution in [0.1, 0.15) is 18.5 Å². The Balaban J connectivity index is 2.38. The van der Waals surface area contributed by atoms with Crippen molar-refractivity contribution in [3.63, 3.8) is 0 Å². The molecule has 0 saturated carbocycles. The number of carbonyl (C=O) groups excluding carboxylic acids is 1. The second-order valence-corrected chi connectivity index (χ2v) is 4.31. The van der Waals surface area contributed by atoms with Crippen LogP contribution in [0.4, 0.5) is 13.2 Å². The Morgan fingerprint density at radius 3 is 2.40 bits per heavy atom. The van der Waals surface area contributed by atoms with E-state index in [9.17, 15) is 18.0 Å². The Morgan fingerprint density at radius 2 is 1.90 bits per heavy atom. The molecule has 4 nitrogen and oxygen atoms in total. The zero-order chi connectivity index (χ0) is 14.9. The van der Waals surface area contributed by atoms with E-state index in [0.29, 0.717) is 11.4 Å². The number of nitrogens with zero attached hydrogens (tertiary/aromatic N) is 2. The van der Waals surface area contributed by atoms with Gasteiger partial charge in [0.05, 0.1) is 5.56 Å². The summed E-state index contributed by atoms with van der Waals surface area (Å²) in [6.07, 6.45) is -1.36. The van der Waals surface area contributed by atoms with E-state index in [0.717, 1.165) is 12.1 Å². The molecule has 1 aromatic heterocycles. The van der Waals surface area contributed by atoms with Gasteiger partial charge in [0.1, 0.15) is 11.9 Å². The van der Waals surface area contributed by atoms with Crippen LogP contribution in [0.25, 0.3) is 11.4 Å². The van der Waals surface area contributed by atoms with Crippen LogP contribution < -0.4 is 5.73 Å². The van der Waals surface area contributed by atoms with Gasteiger partial charge in [0.15, 0.2) is 0 Å². The van der Waals surface area contributed by atoms with E-state index in [2.05, 4.69) is 4.98 Å². The molecule has 2 rings (SSSR count). The number of imidazole rings is 1. The molecular weight excluding hydrogens is 271 g/mol. The van der Waals surface area contributed by atoms with E-state index in [-0.39, 0.29) is 0 Å². The standard InChI is InChI=1S/C13H12F3N3O/c1-8(11(17)20)19-7-6-18-12(19)9-2-4-10(5-3-9)13(14,15)16/h2-8H,1H3,(H2,17,20). The molecule has 0 bridgehead atoms. The quantitative estimate of drug-likeness (QED) is 0.941. The average Bonchev–Trinajstić information content (AvgIpc) is 2.85. The van der Waals surface area contributed by atoms with Crippen LogP contribution in [0.3, 0.4) is 0 Å². The fourth-order valence-electron chi connectivity index (χ4n) is 1.79. The molecule has 0 aliphatic rings. The Hall–Kier alpha value is -2.31. The number of rotatable bonds is 3. The molecule has 1 unspecified atom stereocenters. The van der Waals surface area contributed by atoms with E-state index >= 15 is 0 Å². The summed E-state index contributed by atoms with van der Waals surface area (Å²) in [5.74, 6) is -0.152. The van der Waals surface area contributed by atoms with Gasteiger partial charge in [-0.1, -0.05) is 12.1 Å². The minimum absolute atomic E-state index is 0.394. The number of hydrogen-bond donors (Lipinski definition) is 1. The number of benzene rings is 1. The van der Waals surface area contributed by atoms with Gasteiger partial charge in [0.25, 0.3) is 0 Å². The van der Waals surface area contributed by atoms with Gasteiger partial charge in [-0.3, -0.25) is 4.79 Å². The molecule has 0 aliphatic heterocycles. The first-order valence-corrected chi connectivity index (χ1v) is 5.80. The summed E-state index contributed by atoms with van der Waals surface area (Å²) in [6.45, 7) is 1.59. The summed E-state index contributed by atoms with van der Waals surface area (Å²) >= 11 is 0. The molecule has 1 amide bonds. The highest BCUT2D eigenvalue weighted by molar-refractivity contribution is 5.78. The van der Waals surface area contributed by atoms with Gasteiger partial charge < -0.3 is 10.3 Å². The third-order valence-corrected chi connectivity index (χ3v) is 2.97. The molecule has 0 spiro atoms. The van der Waals surface area contributed by atoms with Crippen molar-refractivity contribution in [3.05, 3.63) is 42.2 Å². The fraction of sp³-hybridized carbons (Fsp3) is 0.231. The molecule has 0 saturated heterocycles. The van der Waals surface area contributed by atoms with Gasteiger partial charge in [-0.2, -0.15) is 13.2 Å². The summed E-state index contributed by atoms with van der Waals surface area (Å²) in [6, 6.07) is 3.95. The van der Waals surface area contributed by atoms with Crippen LogP contribution in [-0.2, 0) is 11.0 Å². The Bertz CT molecular complexity index is 617. The molecule has 0 radical (unpaired) electrons. The molecule has 20 heavy (non-hydrogen) atoms. The number of primary amides is 1. The molecule has 1 atom stereocenters. The number of amides is 1. The normalized spacial score (nSPS) is 13.2. The summed E-state index contributed by atoms with van der Waals surface area (Å²) in [5, 5.41) is 0. The van der Waals surface area contributed by atoms with Crippen LogP contribution in [0.2, 0.25) is 0 Å². The maximum Gasteiger partial charge on any atom is 0.416 e. The molecule has 7 heteroatoms.